The molecule has 0 bridgehead atoms. The minimum Gasteiger partial charge on any atom is -0.497 e. The molecule has 0 aliphatic heterocycles. The molecule has 0 amide bonds. The molecule has 4 nitrogen and oxygen atoms in total. The molecule has 0 saturated heterocycles. The fraction of sp³-hybridized carbons (Fsp3) is 0.200. The highest BCUT2D eigenvalue weighted by Crippen LogP contribution is 2.25. The first-order valence-corrected chi connectivity index (χ1v) is 8.37. The maximum Gasteiger partial charge on any atom is 0.195 e. The van der Waals surface area contributed by atoms with Crippen LogP contribution >= 0.6 is 35.0 Å². The number of pyridine rings is 1. The molecule has 0 spiro atoms. The number of ether oxygens (including phenoxy) is 1. The van der Waals surface area contributed by atoms with Crippen molar-refractivity contribution >= 4 is 40.6 Å². The van der Waals surface area contributed by atoms with E-state index in [1.165, 1.54) is 5.56 Å². The second kappa shape index (κ2) is 6.77. The first-order chi connectivity index (χ1) is 10.7. The summed E-state index contributed by atoms with van der Waals surface area (Å²) in [6.45, 7) is 0. The average molecular weight is 354 g/mol. The molecule has 22 heavy (non-hydrogen) atoms. The third kappa shape index (κ3) is 3.32. The topological polar surface area (TPSA) is 39.4 Å². The first-order valence-electron chi connectivity index (χ1n) is 6.63. The van der Waals surface area contributed by atoms with Crippen LogP contribution in [-0.4, -0.2) is 27.5 Å². The molecule has 0 N–H and O–H groups in total. The van der Waals surface area contributed by atoms with E-state index in [2.05, 4.69) is 22.3 Å². The Hall–Kier alpha value is -1.43. The summed E-state index contributed by atoms with van der Waals surface area (Å²) in [6.07, 6.45) is 2.70. The molecule has 114 valence electrons. The smallest absolute Gasteiger partial charge is 0.195 e. The van der Waals surface area contributed by atoms with Gasteiger partial charge >= 0.3 is 0 Å². The van der Waals surface area contributed by atoms with Gasteiger partial charge in [0.05, 0.1) is 17.2 Å². The minimum absolute atomic E-state index is 0.502. The number of hydrogen-bond donors (Lipinski definition) is 0. The SMILES string of the molecule is COc1ccc(CCSc2nnc3c(Cl)cc(Cl)cn23)cc1. The first kappa shape index (κ1) is 15.5. The van der Waals surface area contributed by atoms with Crippen molar-refractivity contribution in [2.45, 2.75) is 11.6 Å². The van der Waals surface area contributed by atoms with E-state index in [1.807, 2.05) is 16.5 Å². The van der Waals surface area contributed by atoms with Crippen molar-refractivity contribution in [3.05, 3.63) is 52.1 Å². The fourth-order valence-corrected chi connectivity index (χ4v) is 3.46. The second-order valence-electron chi connectivity index (χ2n) is 4.63. The van der Waals surface area contributed by atoms with Crippen molar-refractivity contribution < 1.29 is 4.74 Å². The molecule has 2 heterocycles. The maximum absolute atomic E-state index is 6.11. The largest absolute Gasteiger partial charge is 0.497 e. The minimum atomic E-state index is 0.502. The van der Waals surface area contributed by atoms with Crippen LogP contribution in [0.15, 0.2) is 41.7 Å². The van der Waals surface area contributed by atoms with Gasteiger partial charge < -0.3 is 4.74 Å². The number of halogens is 2. The van der Waals surface area contributed by atoms with Gasteiger partial charge in [-0.25, -0.2) is 0 Å². The zero-order valence-electron chi connectivity index (χ0n) is 11.8. The molecule has 0 aliphatic carbocycles. The number of thioether (sulfide) groups is 1. The molecule has 1 aromatic carbocycles. The Morgan fingerprint density at radius 1 is 1.18 bits per heavy atom. The van der Waals surface area contributed by atoms with Crippen molar-refractivity contribution in [1.29, 1.82) is 0 Å². The molecule has 0 atom stereocenters. The summed E-state index contributed by atoms with van der Waals surface area (Å²) in [6, 6.07) is 9.72. The van der Waals surface area contributed by atoms with Crippen molar-refractivity contribution in [3.8, 4) is 5.75 Å². The second-order valence-corrected chi connectivity index (χ2v) is 6.53. The van der Waals surface area contributed by atoms with E-state index in [-0.39, 0.29) is 0 Å². The number of hydrogen-bond acceptors (Lipinski definition) is 4. The van der Waals surface area contributed by atoms with Crippen molar-refractivity contribution in [1.82, 2.24) is 14.6 Å². The Morgan fingerprint density at radius 3 is 2.68 bits per heavy atom. The normalized spacial score (nSPS) is 11.0. The van der Waals surface area contributed by atoms with Crippen LogP contribution in [0.25, 0.3) is 5.65 Å². The van der Waals surface area contributed by atoms with Gasteiger partial charge in [-0.1, -0.05) is 47.1 Å². The Balaban J connectivity index is 1.68. The molecule has 0 radical (unpaired) electrons. The number of aromatic nitrogens is 3. The van der Waals surface area contributed by atoms with Crippen LogP contribution in [0.4, 0.5) is 0 Å². The number of aryl methyl sites for hydroxylation is 1. The van der Waals surface area contributed by atoms with Crippen LogP contribution in [0.3, 0.4) is 0 Å². The Bertz CT molecular complexity index is 789. The van der Waals surface area contributed by atoms with Crippen molar-refractivity contribution in [2.75, 3.05) is 12.9 Å². The van der Waals surface area contributed by atoms with Crippen LogP contribution in [-0.2, 0) is 6.42 Å². The lowest BCUT2D eigenvalue weighted by Gasteiger charge is -2.04. The quantitative estimate of drug-likeness (QED) is 0.638. The standard InChI is InChI=1S/C15H13Cl2N3OS/c1-21-12-4-2-10(3-5-12)6-7-22-15-19-18-14-13(17)8-11(16)9-20(14)15/h2-5,8-9H,6-7H2,1H3. The van der Waals surface area contributed by atoms with E-state index < -0.39 is 0 Å². The van der Waals surface area contributed by atoms with E-state index in [0.29, 0.717) is 15.7 Å². The van der Waals surface area contributed by atoms with Gasteiger partial charge in [0.15, 0.2) is 10.8 Å². The highest BCUT2D eigenvalue weighted by Gasteiger charge is 2.10. The van der Waals surface area contributed by atoms with Crippen LogP contribution in [0.5, 0.6) is 5.75 Å². The Morgan fingerprint density at radius 2 is 1.95 bits per heavy atom. The summed E-state index contributed by atoms with van der Waals surface area (Å²) in [5, 5.41) is 10.1. The van der Waals surface area contributed by atoms with Crippen LogP contribution in [0, 0.1) is 0 Å². The average Bonchev–Trinajstić information content (AvgIpc) is 2.91. The number of nitrogens with zero attached hydrogens (tertiary/aromatic N) is 3. The van der Waals surface area contributed by atoms with Gasteiger partial charge in [0, 0.05) is 11.9 Å². The zero-order chi connectivity index (χ0) is 15.5. The van der Waals surface area contributed by atoms with Gasteiger partial charge in [-0.15, -0.1) is 10.2 Å². The highest BCUT2D eigenvalue weighted by atomic mass is 35.5. The lowest BCUT2D eigenvalue weighted by atomic mass is 10.2. The third-order valence-electron chi connectivity index (χ3n) is 3.18. The predicted octanol–water partition coefficient (Wildman–Crippen LogP) is 4.38. The summed E-state index contributed by atoms with van der Waals surface area (Å²) in [5.74, 6) is 1.75. The third-order valence-corrected chi connectivity index (χ3v) is 4.61. The zero-order valence-corrected chi connectivity index (χ0v) is 14.1. The Labute approximate surface area is 142 Å². The van der Waals surface area contributed by atoms with E-state index in [0.717, 1.165) is 23.1 Å². The number of fused-ring (bicyclic) bond motifs is 1. The highest BCUT2D eigenvalue weighted by molar-refractivity contribution is 7.99. The molecule has 0 fully saturated rings. The molecule has 3 rings (SSSR count). The molecule has 0 unspecified atom stereocenters. The molecule has 3 aromatic rings. The van der Waals surface area contributed by atoms with E-state index >= 15 is 0 Å². The lowest BCUT2D eigenvalue weighted by molar-refractivity contribution is 0.414. The summed E-state index contributed by atoms with van der Waals surface area (Å²) in [4.78, 5) is 0. The Kier molecular flexibility index (Phi) is 4.76. The summed E-state index contributed by atoms with van der Waals surface area (Å²) in [5.41, 5.74) is 1.87. The number of rotatable bonds is 5. The molecule has 7 heteroatoms. The number of methoxy groups -OCH3 is 1. The van der Waals surface area contributed by atoms with Gasteiger partial charge in [-0.2, -0.15) is 0 Å². The van der Waals surface area contributed by atoms with Crippen molar-refractivity contribution in [2.24, 2.45) is 0 Å². The van der Waals surface area contributed by atoms with Gasteiger partial charge in [0.25, 0.3) is 0 Å². The van der Waals surface area contributed by atoms with E-state index in [4.69, 9.17) is 27.9 Å². The predicted molar refractivity (Wildman–Crippen MR) is 90.4 cm³/mol. The van der Waals surface area contributed by atoms with Crippen LogP contribution < -0.4 is 4.74 Å². The van der Waals surface area contributed by atoms with Crippen LogP contribution in [0.2, 0.25) is 10.0 Å². The van der Waals surface area contributed by atoms with E-state index in [9.17, 15) is 0 Å². The molecular formula is C15H13Cl2N3OS. The summed E-state index contributed by atoms with van der Waals surface area (Å²) >= 11 is 13.8. The monoisotopic (exact) mass is 353 g/mol. The molecule has 2 aromatic heterocycles. The van der Waals surface area contributed by atoms with Gasteiger partial charge in [0.2, 0.25) is 0 Å². The lowest BCUT2D eigenvalue weighted by Crippen LogP contribution is -1.93. The van der Waals surface area contributed by atoms with E-state index in [1.54, 1.807) is 31.1 Å². The van der Waals surface area contributed by atoms with Gasteiger partial charge in [-0.3, -0.25) is 4.40 Å². The molecule has 0 aliphatic rings. The fourth-order valence-electron chi connectivity index (χ4n) is 2.05. The molecular weight excluding hydrogens is 341 g/mol. The van der Waals surface area contributed by atoms with Crippen molar-refractivity contribution in [3.63, 3.8) is 0 Å². The van der Waals surface area contributed by atoms with Crippen LogP contribution in [0.1, 0.15) is 5.56 Å². The maximum atomic E-state index is 6.11. The summed E-state index contributed by atoms with van der Waals surface area (Å²) in [7, 11) is 1.66. The van der Waals surface area contributed by atoms with Gasteiger partial charge in [-0.05, 0) is 30.2 Å². The molecule has 0 saturated carbocycles. The summed E-state index contributed by atoms with van der Waals surface area (Å²) < 4.78 is 6.97. The van der Waals surface area contributed by atoms with Gasteiger partial charge in [0.1, 0.15) is 5.75 Å². The number of benzene rings is 1.